The van der Waals surface area contributed by atoms with Gasteiger partial charge in [0.05, 0.1) is 17.3 Å². The highest BCUT2D eigenvalue weighted by Gasteiger charge is 2.25. The average Bonchev–Trinajstić information content (AvgIpc) is 3.02. The summed E-state index contributed by atoms with van der Waals surface area (Å²) >= 11 is 3.27. The van der Waals surface area contributed by atoms with Crippen LogP contribution in [-0.2, 0) is 15.8 Å². The highest BCUT2D eigenvalue weighted by molar-refractivity contribution is 9.10. The quantitative estimate of drug-likeness (QED) is 0.173. The number of rotatable bonds is 13. The van der Waals surface area contributed by atoms with E-state index in [1.807, 2.05) is 0 Å². The monoisotopic (exact) mass is 665 g/mol. The molecule has 43 heavy (non-hydrogen) atoms. The van der Waals surface area contributed by atoms with Crippen LogP contribution in [0, 0.1) is 0 Å². The molecule has 0 saturated heterocycles. The van der Waals surface area contributed by atoms with Gasteiger partial charge < -0.3 is 18.9 Å². The largest absolute Gasteiger partial charge is 0.493 e. The number of nitrogens with zero attached hydrogens (tertiary/aromatic N) is 6. The third kappa shape index (κ3) is 8.11. The average molecular weight is 667 g/mol. The van der Waals surface area contributed by atoms with Crippen molar-refractivity contribution in [2.75, 3.05) is 25.0 Å². The number of hydrogen-bond acceptors (Lipinski definition) is 12. The van der Waals surface area contributed by atoms with Gasteiger partial charge in [-0.1, -0.05) is 42.5 Å². The molecule has 13 nitrogen and oxygen atoms in total. The third-order valence-electron chi connectivity index (χ3n) is 5.48. The highest BCUT2D eigenvalue weighted by Crippen LogP contribution is 2.41. The molecule has 0 aliphatic carbocycles. The summed E-state index contributed by atoms with van der Waals surface area (Å²) in [6, 6.07) is 17.3. The number of ether oxygens (including phenoxy) is 4. The SMILES string of the molecule is COc1ccccc1Oc1c(NS(=O)(=O)Cc2ccccc2)nc(-c2ncccn2)nc1OCCOc1ncc(Br)cn1. The van der Waals surface area contributed by atoms with Gasteiger partial charge in [0.1, 0.15) is 13.2 Å². The first-order chi connectivity index (χ1) is 20.9. The first kappa shape index (κ1) is 29.6. The van der Waals surface area contributed by atoms with Crippen LogP contribution in [0.15, 0.2) is 89.9 Å². The van der Waals surface area contributed by atoms with E-state index in [0.717, 1.165) is 0 Å². The molecular weight excluding hydrogens is 642 g/mol. The van der Waals surface area contributed by atoms with Crippen molar-refractivity contribution in [3.63, 3.8) is 0 Å². The summed E-state index contributed by atoms with van der Waals surface area (Å²) in [5.74, 6) is 0.0771. The van der Waals surface area contributed by atoms with Crippen molar-refractivity contribution in [1.82, 2.24) is 29.9 Å². The molecule has 0 bridgehead atoms. The second-order valence-electron chi connectivity index (χ2n) is 8.58. The van der Waals surface area contributed by atoms with Gasteiger partial charge >= 0.3 is 6.01 Å². The van der Waals surface area contributed by atoms with Gasteiger partial charge in [-0.25, -0.2) is 33.3 Å². The van der Waals surface area contributed by atoms with Gasteiger partial charge in [-0.2, -0.15) is 4.98 Å². The van der Waals surface area contributed by atoms with E-state index in [2.05, 4.69) is 50.6 Å². The standard InChI is InChI=1S/C28H24BrN7O6S/c1-39-21-10-5-6-11-22(21)42-23-24(36-43(37,38)18-19-8-3-2-4-9-19)34-26(25-30-12-7-13-31-25)35-27(23)40-14-15-41-28-32-16-20(29)17-33-28/h2-13,16-17H,14-15,18H2,1H3,(H,34,35,36). The molecule has 0 spiro atoms. The Hall–Kier alpha value is -4.89. The topological polar surface area (TPSA) is 160 Å². The van der Waals surface area contributed by atoms with Crippen molar-refractivity contribution in [2.45, 2.75) is 5.75 Å². The minimum absolute atomic E-state index is 0.00227. The van der Waals surface area contributed by atoms with Crippen molar-refractivity contribution >= 4 is 31.8 Å². The lowest BCUT2D eigenvalue weighted by Crippen LogP contribution is -2.18. The van der Waals surface area contributed by atoms with Crippen LogP contribution in [0.2, 0.25) is 0 Å². The maximum absolute atomic E-state index is 13.3. The number of para-hydroxylation sites is 2. The number of nitrogens with one attached hydrogen (secondary N) is 1. The Bertz CT molecular complexity index is 1770. The van der Waals surface area contributed by atoms with Gasteiger partial charge in [0, 0.05) is 24.8 Å². The zero-order valence-electron chi connectivity index (χ0n) is 22.6. The Morgan fingerprint density at radius 2 is 1.47 bits per heavy atom. The summed E-state index contributed by atoms with van der Waals surface area (Å²) < 4.78 is 53.0. The fourth-order valence-electron chi connectivity index (χ4n) is 3.64. The molecule has 1 N–H and O–H groups in total. The first-order valence-electron chi connectivity index (χ1n) is 12.7. The van der Waals surface area contributed by atoms with Gasteiger partial charge in [-0.3, -0.25) is 4.72 Å². The van der Waals surface area contributed by atoms with E-state index >= 15 is 0 Å². The van der Waals surface area contributed by atoms with E-state index in [-0.39, 0.29) is 59.8 Å². The van der Waals surface area contributed by atoms with Crippen LogP contribution in [0.1, 0.15) is 5.56 Å². The normalized spacial score (nSPS) is 11.0. The number of sulfonamides is 1. The van der Waals surface area contributed by atoms with Gasteiger partial charge in [0.25, 0.3) is 5.88 Å². The minimum Gasteiger partial charge on any atom is -0.493 e. The fourth-order valence-corrected chi connectivity index (χ4v) is 4.98. The van der Waals surface area contributed by atoms with Crippen molar-refractivity contribution in [3.8, 4) is 40.8 Å². The molecule has 3 aromatic heterocycles. The molecule has 0 atom stereocenters. The van der Waals surface area contributed by atoms with Crippen molar-refractivity contribution in [2.24, 2.45) is 0 Å². The third-order valence-corrected chi connectivity index (χ3v) is 7.11. The Labute approximate surface area is 255 Å². The van der Waals surface area contributed by atoms with E-state index in [4.69, 9.17) is 18.9 Å². The molecule has 0 aliphatic heterocycles. The summed E-state index contributed by atoms with van der Waals surface area (Å²) in [5.41, 5.74) is 0.576. The van der Waals surface area contributed by atoms with Crippen molar-refractivity contribution in [1.29, 1.82) is 0 Å². The maximum atomic E-state index is 13.3. The Morgan fingerprint density at radius 1 is 0.791 bits per heavy atom. The molecule has 0 aliphatic rings. The second kappa shape index (κ2) is 13.8. The molecule has 0 amide bonds. The van der Waals surface area contributed by atoms with Crippen molar-refractivity contribution < 1.29 is 27.4 Å². The lowest BCUT2D eigenvalue weighted by atomic mass is 10.2. The summed E-state index contributed by atoms with van der Waals surface area (Å²) in [6.07, 6.45) is 6.12. The van der Waals surface area contributed by atoms with E-state index in [9.17, 15) is 8.42 Å². The molecule has 5 rings (SSSR count). The number of hydrogen-bond donors (Lipinski definition) is 1. The number of aromatic nitrogens is 6. The molecular formula is C28H24BrN7O6S. The number of halogens is 1. The summed E-state index contributed by atoms with van der Waals surface area (Å²) in [4.78, 5) is 25.5. The molecule has 0 saturated carbocycles. The molecule has 5 aromatic rings. The highest BCUT2D eigenvalue weighted by atomic mass is 79.9. The maximum Gasteiger partial charge on any atom is 0.316 e. The van der Waals surface area contributed by atoms with E-state index in [1.54, 1.807) is 73.1 Å². The Balaban J connectivity index is 1.52. The fraction of sp³-hybridized carbons (Fsp3) is 0.143. The minimum atomic E-state index is -3.99. The molecule has 15 heteroatoms. The smallest absolute Gasteiger partial charge is 0.316 e. The summed E-state index contributed by atoms with van der Waals surface area (Å²) in [6.45, 7) is -0.00398. The summed E-state index contributed by atoms with van der Waals surface area (Å²) in [5, 5.41) is 0. The first-order valence-corrected chi connectivity index (χ1v) is 15.1. The van der Waals surface area contributed by atoms with Crippen LogP contribution >= 0.6 is 15.9 Å². The molecule has 2 aromatic carbocycles. The number of anilines is 1. The zero-order valence-corrected chi connectivity index (χ0v) is 25.0. The number of methoxy groups -OCH3 is 1. The van der Waals surface area contributed by atoms with Crippen LogP contribution in [0.3, 0.4) is 0 Å². The molecule has 3 heterocycles. The predicted molar refractivity (Wildman–Crippen MR) is 160 cm³/mol. The van der Waals surface area contributed by atoms with Crippen LogP contribution < -0.4 is 23.7 Å². The van der Waals surface area contributed by atoms with Gasteiger partial charge in [0.15, 0.2) is 23.1 Å². The molecule has 0 radical (unpaired) electrons. The summed E-state index contributed by atoms with van der Waals surface area (Å²) in [7, 11) is -2.51. The predicted octanol–water partition coefficient (Wildman–Crippen LogP) is 4.69. The van der Waals surface area contributed by atoms with E-state index in [1.165, 1.54) is 19.5 Å². The van der Waals surface area contributed by atoms with Crippen LogP contribution in [0.5, 0.6) is 29.1 Å². The van der Waals surface area contributed by atoms with Gasteiger partial charge in [-0.05, 0) is 39.7 Å². The Morgan fingerprint density at radius 3 is 2.19 bits per heavy atom. The lowest BCUT2D eigenvalue weighted by Gasteiger charge is -2.18. The van der Waals surface area contributed by atoms with Crippen LogP contribution in [-0.4, -0.2) is 58.6 Å². The van der Waals surface area contributed by atoms with Gasteiger partial charge in [-0.15, -0.1) is 0 Å². The van der Waals surface area contributed by atoms with E-state index < -0.39 is 10.0 Å². The van der Waals surface area contributed by atoms with E-state index in [0.29, 0.717) is 15.8 Å². The van der Waals surface area contributed by atoms with Crippen molar-refractivity contribution in [3.05, 3.63) is 95.5 Å². The van der Waals surface area contributed by atoms with Crippen LogP contribution in [0.25, 0.3) is 11.6 Å². The molecule has 0 fully saturated rings. The molecule has 0 unspecified atom stereocenters. The van der Waals surface area contributed by atoms with Crippen LogP contribution in [0.4, 0.5) is 5.82 Å². The lowest BCUT2D eigenvalue weighted by molar-refractivity contribution is 0.197. The van der Waals surface area contributed by atoms with Gasteiger partial charge in [0.2, 0.25) is 21.6 Å². The second-order valence-corrected chi connectivity index (χ2v) is 11.2. The molecule has 220 valence electrons. The Kier molecular flexibility index (Phi) is 9.53. The number of benzene rings is 2. The zero-order chi connectivity index (χ0) is 30.1.